The van der Waals surface area contributed by atoms with Crippen LogP contribution in [0.2, 0.25) is 0 Å². The Balaban J connectivity index is 0.000000963. The third kappa shape index (κ3) is 1.61. The first-order valence-electron chi connectivity index (χ1n) is 5.83. The van der Waals surface area contributed by atoms with Gasteiger partial charge >= 0.3 is 0 Å². The van der Waals surface area contributed by atoms with Crippen molar-refractivity contribution in [2.24, 2.45) is 0 Å². The van der Waals surface area contributed by atoms with Gasteiger partial charge in [-0.05, 0) is 37.6 Å². The molecule has 2 heterocycles. The first-order valence-corrected chi connectivity index (χ1v) is 5.83. The number of rotatable bonds is 0. The van der Waals surface area contributed by atoms with Crippen LogP contribution < -0.4 is 10.2 Å². The highest BCUT2D eigenvalue weighted by Crippen LogP contribution is 2.44. The normalized spacial score (nSPS) is 21.7. The van der Waals surface area contributed by atoms with Crippen molar-refractivity contribution in [2.45, 2.75) is 18.3 Å². The van der Waals surface area contributed by atoms with Gasteiger partial charge in [-0.3, -0.25) is 0 Å². The van der Waals surface area contributed by atoms with Gasteiger partial charge < -0.3 is 10.2 Å². The van der Waals surface area contributed by atoms with Gasteiger partial charge in [-0.15, -0.1) is 12.4 Å². The third-order valence-electron chi connectivity index (χ3n) is 3.99. The van der Waals surface area contributed by atoms with Crippen LogP contribution in [0.5, 0.6) is 0 Å². The predicted octanol–water partition coefficient (Wildman–Crippen LogP) is 2.18. The molecular formula is C13H19ClN2. The Labute approximate surface area is 103 Å². The SMILES string of the molecule is CN1CC2(CCNCC2)c2ccccc21.Cl. The summed E-state index contributed by atoms with van der Waals surface area (Å²) in [4.78, 5) is 2.42. The molecule has 3 rings (SSSR count). The van der Waals surface area contributed by atoms with E-state index in [2.05, 4.69) is 41.5 Å². The largest absolute Gasteiger partial charge is 0.373 e. The zero-order valence-electron chi connectivity index (χ0n) is 9.70. The molecule has 0 amide bonds. The molecule has 3 heteroatoms. The van der Waals surface area contributed by atoms with Crippen LogP contribution in [0.1, 0.15) is 18.4 Å². The van der Waals surface area contributed by atoms with Crippen molar-refractivity contribution in [1.29, 1.82) is 0 Å². The van der Waals surface area contributed by atoms with Gasteiger partial charge in [0, 0.05) is 24.7 Å². The summed E-state index contributed by atoms with van der Waals surface area (Å²) in [5, 5.41) is 3.46. The molecule has 2 nitrogen and oxygen atoms in total. The molecule has 0 radical (unpaired) electrons. The maximum atomic E-state index is 3.46. The summed E-state index contributed by atoms with van der Waals surface area (Å²) < 4.78 is 0. The Morgan fingerprint density at radius 3 is 2.62 bits per heavy atom. The fraction of sp³-hybridized carbons (Fsp3) is 0.538. The highest BCUT2D eigenvalue weighted by Gasteiger charge is 2.41. The number of piperidine rings is 1. The Morgan fingerprint density at radius 1 is 1.19 bits per heavy atom. The molecule has 88 valence electrons. The highest BCUT2D eigenvalue weighted by molar-refractivity contribution is 5.85. The minimum atomic E-state index is 0. The van der Waals surface area contributed by atoms with Crippen LogP contribution in [0.4, 0.5) is 5.69 Å². The average molecular weight is 239 g/mol. The van der Waals surface area contributed by atoms with Gasteiger partial charge in [-0.1, -0.05) is 18.2 Å². The van der Waals surface area contributed by atoms with Crippen LogP contribution in [0.3, 0.4) is 0 Å². The molecule has 16 heavy (non-hydrogen) atoms. The zero-order valence-corrected chi connectivity index (χ0v) is 10.5. The number of para-hydroxylation sites is 1. The molecule has 0 saturated carbocycles. The van der Waals surface area contributed by atoms with Gasteiger partial charge in [0.15, 0.2) is 0 Å². The standard InChI is InChI=1S/C13H18N2.ClH/c1-15-10-13(6-8-14-9-7-13)11-4-2-3-5-12(11)15;/h2-5,14H,6-10H2,1H3;1H. The van der Waals surface area contributed by atoms with E-state index in [1.54, 1.807) is 5.56 Å². The average Bonchev–Trinajstić information content (AvgIpc) is 2.55. The Bertz CT molecular complexity index is 372. The number of benzene rings is 1. The number of fused-ring (bicyclic) bond motifs is 2. The number of halogens is 1. The molecule has 0 aromatic heterocycles. The fourth-order valence-corrected chi connectivity index (χ4v) is 3.21. The number of likely N-dealkylation sites (N-methyl/N-ethyl adjacent to an activating group) is 1. The number of nitrogens with one attached hydrogen (secondary N) is 1. The van der Waals surface area contributed by atoms with Gasteiger partial charge in [0.05, 0.1) is 0 Å². The lowest BCUT2D eigenvalue weighted by atomic mass is 9.75. The number of nitrogens with zero attached hydrogens (tertiary/aromatic N) is 1. The molecule has 1 fully saturated rings. The molecular weight excluding hydrogens is 220 g/mol. The molecule has 0 aliphatic carbocycles. The maximum absolute atomic E-state index is 3.46. The smallest absolute Gasteiger partial charge is 0.0402 e. The molecule has 0 bridgehead atoms. The van der Waals surface area contributed by atoms with E-state index in [0.717, 1.165) is 0 Å². The van der Waals surface area contributed by atoms with Crippen LogP contribution in [-0.4, -0.2) is 26.7 Å². The molecule has 0 unspecified atom stereocenters. The summed E-state index contributed by atoms with van der Waals surface area (Å²) in [7, 11) is 2.22. The van der Waals surface area contributed by atoms with Crippen LogP contribution in [0.15, 0.2) is 24.3 Å². The van der Waals surface area contributed by atoms with E-state index in [0.29, 0.717) is 5.41 Å². The van der Waals surface area contributed by atoms with E-state index in [4.69, 9.17) is 0 Å². The van der Waals surface area contributed by atoms with E-state index in [-0.39, 0.29) is 12.4 Å². The van der Waals surface area contributed by atoms with Crippen LogP contribution in [0, 0.1) is 0 Å². The van der Waals surface area contributed by atoms with Crippen molar-refractivity contribution in [2.75, 3.05) is 31.6 Å². The second-order valence-electron chi connectivity index (χ2n) is 4.90. The summed E-state index contributed by atoms with van der Waals surface area (Å²) in [5.41, 5.74) is 3.46. The lowest BCUT2D eigenvalue weighted by Crippen LogP contribution is -2.42. The summed E-state index contributed by atoms with van der Waals surface area (Å²) in [6, 6.07) is 8.91. The molecule has 2 aliphatic heterocycles. The van der Waals surface area contributed by atoms with Gasteiger partial charge in [0.1, 0.15) is 0 Å². The van der Waals surface area contributed by atoms with Crippen molar-refractivity contribution in [1.82, 2.24) is 5.32 Å². The second kappa shape index (κ2) is 4.27. The molecule has 1 saturated heterocycles. The van der Waals surface area contributed by atoms with E-state index < -0.39 is 0 Å². The van der Waals surface area contributed by atoms with Crippen molar-refractivity contribution in [3.05, 3.63) is 29.8 Å². The van der Waals surface area contributed by atoms with Gasteiger partial charge in [-0.2, -0.15) is 0 Å². The van der Waals surface area contributed by atoms with Crippen LogP contribution in [0.25, 0.3) is 0 Å². The summed E-state index contributed by atoms with van der Waals surface area (Å²) >= 11 is 0. The minimum Gasteiger partial charge on any atom is -0.373 e. The quantitative estimate of drug-likeness (QED) is 0.746. The molecule has 1 aromatic carbocycles. The van der Waals surface area contributed by atoms with E-state index >= 15 is 0 Å². The van der Waals surface area contributed by atoms with E-state index in [1.165, 1.54) is 38.2 Å². The molecule has 2 aliphatic rings. The first kappa shape index (κ1) is 11.7. The van der Waals surface area contributed by atoms with Crippen molar-refractivity contribution in [3.8, 4) is 0 Å². The molecule has 1 N–H and O–H groups in total. The van der Waals surface area contributed by atoms with E-state index in [9.17, 15) is 0 Å². The second-order valence-corrected chi connectivity index (χ2v) is 4.90. The monoisotopic (exact) mass is 238 g/mol. The Hall–Kier alpha value is -0.730. The lowest BCUT2D eigenvalue weighted by Gasteiger charge is -2.34. The summed E-state index contributed by atoms with van der Waals surface area (Å²) in [6.45, 7) is 3.54. The topological polar surface area (TPSA) is 15.3 Å². The number of hydrogen-bond acceptors (Lipinski definition) is 2. The van der Waals surface area contributed by atoms with Gasteiger partial charge in [0.2, 0.25) is 0 Å². The molecule has 0 atom stereocenters. The lowest BCUT2D eigenvalue weighted by molar-refractivity contribution is 0.328. The first-order chi connectivity index (χ1) is 7.32. The van der Waals surface area contributed by atoms with Crippen LogP contribution in [-0.2, 0) is 5.41 Å². The number of hydrogen-bond donors (Lipinski definition) is 1. The van der Waals surface area contributed by atoms with Crippen LogP contribution >= 0.6 is 12.4 Å². The van der Waals surface area contributed by atoms with Crippen molar-refractivity contribution in [3.63, 3.8) is 0 Å². The predicted molar refractivity (Wildman–Crippen MR) is 70.7 cm³/mol. The minimum absolute atomic E-state index is 0. The highest BCUT2D eigenvalue weighted by atomic mass is 35.5. The van der Waals surface area contributed by atoms with Gasteiger partial charge in [-0.25, -0.2) is 0 Å². The Morgan fingerprint density at radius 2 is 1.88 bits per heavy atom. The molecule has 1 aromatic rings. The molecule has 1 spiro atoms. The van der Waals surface area contributed by atoms with Crippen molar-refractivity contribution >= 4 is 18.1 Å². The maximum Gasteiger partial charge on any atom is 0.0402 e. The van der Waals surface area contributed by atoms with E-state index in [1.807, 2.05) is 0 Å². The zero-order chi connectivity index (χ0) is 10.3. The number of anilines is 1. The van der Waals surface area contributed by atoms with Gasteiger partial charge in [0.25, 0.3) is 0 Å². The fourth-order valence-electron chi connectivity index (χ4n) is 3.21. The third-order valence-corrected chi connectivity index (χ3v) is 3.99. The summed E-state index contributed by atoms with van der Waals surface area (Å²) in [5.74, 6) is 0. The van der Waals surface area contributed by atoms with Crippen molar-refractivity contribution < 1.29 is 0 Å². The Kier molecular flexibility index (Phi) is 3.13. The summed E-state index contributed by atoms with van der Waals surface area (Å²) in [6.07, 6.45) is 2.57.